The molecular weight excluding hydrogens is 414 g/mol. The van der Waals surface area contributed by atoms with Gasteiger partial charge < -0.3 is 14.7 Å². The molecule has 168 valence electrons. The van der Waals surface area contributed by atoms with Crippen LogP contribution >= 0.6 is 11.6 Å². The number of para-hydroxylation sites is 1. The van der Waals surface area contributed by atoms with Gasteiger partial charge in [-0.1, -0.05) is 23.7 Å². The fraction of sp³-hybridized carbons (Fsp3) is 0.652. The zero-order chi connectivity index (χ0) is 21.5. The van der Waals surface area contributed by atoms with Crippen LogP contribution in [0.25, 0.3) is 0 Å². The van der Waals surface area contributed by atoms with Crippen molar-refractivity contribution in [3.05, 3.63) is 29.3 Å². The molecule has 1 saturated carbocycles. The van der Waals surface area contributed by atoms with Crippen LogP contribution in [0.5, 0.6) is 0 Å². The van der Waals surface area contributed by atoms with Gasteiger partial charge in [0.25, 0.3) is 0 Å². The van der Waals surface area contributed by atoms with E-state index in [4.69, 9.17) is 11.6 Å². The molecule has 2 amide bonds. The van der Waals surface area contributed by atoms with Crippen molar-refractivity contribution < 1.29 is 9.59 Å². The fourth-order valence-corrected chi connectivity index (χ4v) is 6.32. The van der Waals surface area contributed by atoms with Crippen molar-refractivity contribution in [1.82, 2.24) is 20.2 Å². The third kappa shape index (κ3) is 3.70. The molecule has 31 heavy (non-hydrogen) atoms. The Hall–Kier alpha value is -1.83. The maximum absolute atomic E-state index is 13.4. The van der Waals surface area contributed by atoms with E-state index >= 15 is 0 Å². The molecule has 1 N–H and O–H groups in total. The Bertz CT molecular complexity index is 843. The van der Waals surface area contributed by atoms with E-state index in [1.807, 2.05) is 34.1 Å². The predicted molar refractivity (Wildman–Crippen MR) is 121 cm³/mol. The molecule has 4 aliphatic rings. The van der Waals surface area contributed by atoms with Gasteiger partial charge >= 0.3 is 0 Å². The quantitative estimate of drug-likeness (QED) is 0.770. The van der Waals surface area contributed by atoms with E-state index < -0.39 is 0 Å². The van der Waals surface area contributed by atoms with Gasteiger partial charge in [0.15, 0.2) is 0 Å². The standard InChI is InChI=1S/C23H32ClN5O2/c1-2-28-21-15-16(7-8-19(21)29-20(23(28)31)9-10-25-29)22(30)27-13-11-26(12-14-27)18-6-4-3-5-17(18)24/h3-6,16,19-21,25H,2,7-15H2,1H3. The van der Waals surface area contributed by atoms with Gasteiger partial charge in [-0.05, 0) is 44.7 Å². The van der Waals surface area contributed by atoms with E-state index in [-0.39, 0.29) is 29.8 Å². The summed E-state index contributed by atoms with van der Waals surface area (Å²) in [5, 5.41) is 2.97. The predicted octanol–water partition coefficient (Wildman–Crippen LogP) is 1.97. The second kappa shape index (κ2) is 8.60. The first-order chi connectivity index (χ1) is 15.1. The molecule has 1 aromatic rings. The van der Waals surface area contributed by atoms with E-state index in [1.165, 1.54) is 0 Å². The first-order valence-corrected chi connectivity index (χ1v) is 12.1. The second-order valence-corrected chi connectivity index (χ2v) is 9.56. The lowest BCUT2D eigenvalue weighted by molar-refractivity contribution is -0.157. The monoisotopic (exact) mass is 445 g/mol. The van der Waals surface area contributed by atoms with Crippen molar-refractivity contribution in [2.75, 3.05) is 44.2 Å². The minimum absolute atomic E-state index is 0.00844. The number of carbonyl (C=O) groups is 2. The zero-order valence-corrected chi connectivity index (χ0v) is 18.9. The lowest BCUT2D eigenvalue weighted by atomic mass is 9.78. The van der Waals surface area contributed by atoms with E-state index in [0.29, 0.717) is 6.04 Å². The number of hydrazine groups is 1. The topological polar surface area (TPSA) is 59.1 Å². The van der Waals surface area contributed by atoms with Crippen molar-refractivity contribution in [1.29, 1.82) is 0 Å². The summed E-state index contributed by atoms with van der Waals surface area (Å²) in [5.74, 6) is 0.501. The molecule has 0 radical (unpaired) electrons. The minimum Gasteiger partial charge on any atom is -0.367 e. The summed E-state index contributed by atoms with van der Waals surface area (Å²) in [5.41, 5.74) is 4.48. The van der Waals surface area contributed by atoms with E-state index in [9.17, 15) is 9.59 Å². The molecule has 3 aliphatic heterocycles. The molecule has 4 unspecified atom stereocenters. The van der Waals surface area contributed by atoms with Crippen LogP contribution < -0.4 is 10.3 Å². The molecule has 1 aromatic carbocycles. The largest absolute Gasteiger partial charge is 0.367 e. The highest BCUT2D eigenvalue weighted by atomic mass is 35.5. The lowest BCUT2D eigenvalue weighted by Crippen LogP contribution is -2.68. The maximum atomic E-state index is 13.4. The summed E-state index contributed by atoms with van der Waals surface area (Å²) in [4.78, 5) is 32.7. The molecule has 4 fully saturated rings. The highest BCUT2D eigenvalue weighted by Crippen LogP contribution is 2.38. The number of hydrogen-bond acceptors (Lipinski definition) is 5. The number of rotatable bonds is 3. The molecule has 1 aliphatic carbocycles. The van der Waals surface area contributed by atoms with Gasteiger partial charge in [-0.25, -0.2) is 5.01 Å². The number of anilines is 1. The van der Waals surface area contributed by atoms with Gasteiger partial charge in [0.1, 0.15) is 6.04 Å². The number of hydrogen-bond donors (Lipinski definition) is 1. The average Bonchev–Trinajstić information content (AvgIpc) is 3.30. The van der Waals surface area contributed by atoms with Crippen LogP contribution in [-0.2, 0) is 9.59 Å². The van der Waals surface area contributed by atoms with Crippen LogP contribution in [0.3, 0.4) is 0 Å². The number of amides is 2. The van der Waals surface area contributed by atoms with Crippen LogP contribution in [0.4, 0.5) is 5.69 Å². The van der Waals surface area contributed by atoms with Crippen molar-refractivity contribution in [2.24, 2.45) is 5.92 Å². The first kappa shape index (κ1) is 21.0. The van der Waals surface area contributed by atoms with Gasteiger partial charge in [-0.2, -0.15) is 0 Å². The normalized spacial score (nSPS) is 31.5. The van der Waals surface area contributed by atoms with Gasteiger partial charge in [-0.15, -0.1) is 0 Å². The highest BCUT2D eigenvalue weighted by Gasteiger charge is 2.51. The number of likely N-dealkylation sites (N-methyl/N-ethyl adjacent to an activating group) is 1. The zero-order valence-electron chi connectivity index (χ0n) is 18.2. The first-order valence-electron chi connectivity index (χ1n) is 11.7. The van der Waals surface area contributed by atoms with Gasteiger partial charge in [0.05, 0.1) is 10.7 Å². The summed E-state index contributed by atoms with van der Waals surface area (Å²) < 4.78 is 0. The number of fused-ring (bicyclic) bond motifs is 3. The van der Waals surface area contributed by atoms with Gasteiger partial charge in [0, 0.05) is 57.3 Å². The smallest absolute Gasteiger partial charge is 0.241 e. The number of benzene rings is 1. The second-order valence-electron chi connectivity index (χ2n) is 9.15. The van der Waals surface area contributed by atoms with Gasteiger partial charge in [0.2, 0.25) is 11.8 Å². The Morgan fingerprint density at radius 1 is 1.10 bits per heavy atom. The van der Waals surface area contributed by atoms with Crippen molar-refractivity contribution in [2.45, 2.75) is 50.7 Å². The highest BCUT2D eigenvalue weighted by molar-refractivity contribution is 6.33. The number of nitrogens with zero attached hydrogens (tertiary/aromatic N) is 4. The molecule has 0 aromatic heterocycles. The van der Waals surface area contributed by atoms with Gasteiger partial charge in [-0.3, -0.25) is 15.0 Å². The van der Waals surface area contributed by atoms with Crippen LogP contribution in [0.1, 0.15) is 32.6 Å². The molecule has 4 atom stereocenters. The molecule has 0 spiro atoms. The Balaban J connectivity index is 1.23. The number of carbonyl (C=O) groups excluding carboxylic acids is 2. The molecule has 3 heterocycles. The van der Waals surface area contributed by atoms with E-state index in [1.54, 1.807) is 0 Å². The van der Waals surface area contributed by atoms with E-state index in [2.05, 4.69) is 22.3 Å². The summed E-state index contributed by atoms with van der Waals surface area (Å²) in [6.07, 6.45) is 3.53. The van der Waals surface area contributed by atoms with Crippen molar-refractivity contribution in [3.63, 3.8) is 0 Å². The van der Waals surface area contributed by atoms with Crippen LogP contribution in [0.15, 0.2) is 24.3 Å². The summed E-state index contributed by atoms with van der Waals surface area (Å²) in [6, 6.07) is 8.33. The lowest BCUT2D eigenvalue weighted by Gasteiger charge is -2.52. The average molecular weight is 446 g/mol. The Morgan fingerprint density at radius 3 is 2.61 bits per heavy atom. The van der Waals surface area contributed by atoms with Crippen molar-refractivity contribution in [3.8, 4) is 0 Å². The van der Waals surface area contributed by atoms with Crippen LogP contribution in [0, 0.1) is 5.92 Å². The maximum Gasteiger partial charge on any atom is 0.241 e. The molecular formula is C23H32ClN5O2. The summed E-state index contributed by atoms with van der Waals surface area (Å²) in [6.45, 7) is 6.70. The van der Waals surface area contributed by atoms with E-state index in [0.717, 1.165) is 75.7 Å². The molecule has 0 bridgehead atoms. The van der Waals surface area contributed by atoms with Crippen LogP contribution in [-0.4, -0.2) is 84.0 Å². The Labute approximate surface area is 189 Å². The summed E-state index contributed by atoms with van der Waals surface area (Å²) in [7, 11) is 0. The number of halogens is 1. The number of nitrogens with one attached hydrogen (secondary N) is 1. The molecule has 8 heteroatoms. The molecule has 3 saturated heterocycles. The molecule has 7 nitrogen and oxygen atoms in total. The summed E-state index contributed by atoms with van der Waals surface area (Å²) >= 11 is 6.36. The molecule has 5 rings (SSSR count). The minimum atomic E-state index is -0.0219. The SMILES string of the molecule is CCN1C(=O)C2CCNN2C2CCC(C(=O)N3CCN(c4ccccc4Cl)CC3)CC21. The third-order valence-corrected chi connectivity index (χ3v) is 7.95. The van der Waals surface area contributed by atoms with Crippen LogP contribution in [0.2, 0.25) is 5.02 Å². The Morgan fingerprint density at radius 2 is 1.87 bits per heavy atom. The van der Waals surface area contributed by atoms with Crippen molar-refractivity contribution >= 4 is 29.1 Å². The third-order valence-electron chi connectivity index (χ3n) is 7.63. The number of piperazine rings is 2. The fourth-order valence-electron chi connectivity index (χ4n) is 6.06. The Kier molecular flexibility index (Phi) is 5.84.